The molecule has 0 radical (unpaired) electrons. The Labute approximate surface area is 113 Å². The first-order chi connectivity index (χ1) is 9.21. The maximum Gasteiger partial charge on any atom is 0.220 e. The van der Waals surface area contributed by atoms with Crippen LogP contribution in [0.3, 0.4) is 0 Å². The van der Waals surface area contributed by atoms with Crippen LogP contribution in [0.25, 0.3) is 0 Å². The summed E-state index contributed by atoms with van der Waals surface area (Å²) in [7, 11) is 0. The summed E-state index contributed by atoms with van der Waals surface area (Å²) >= 11 is 0. The summed E-state index contributed by atoms with van der Waals surface area (Å²) in [6.07, 6.45) is 11.6. The molecule has 2 saturated heterocycles. The van der Waals surface area contributed by atoms with Crippen molar-refractivity contribution >= 4 is 5.91 Å². The summed E-state index contributed by atoms with van der Waals surface area (Å²) in [5.41, 5.74) is -0.352. The van der Waals surface area contributed by atoms with Crippen molar-refractivity contribution in [2.75, 3.05) is 0 Å². The molecule has 5 nitrogen and oxygen atoms in total. The van der Waals surface area contributed by atoms with Crippen LogP contribution in [0.4, 0.5) is 0 Å². The van der Waals surface area contributed by atoms with Crippen LogP contribution in [-0.4, -0.2) is 29.8 Å². The van der Waals surface area contributed by atoms with Gasteiger partial charge in [0, 0.05) is 25.7 Å². The van der Waals surface area contributed by atoms with Crippen molar-refractivity contribution in [3.63, 3.8) is 0 Å². The maximum atomic E-state index is 11.9. The fraction of sp³-hybridized carbons (Fsp3) is 0.786. The highest BCUT2D eigenvalue weighted by molar-refractivity contribution is 5.76. The predicted octanol–water partition coefficient (Wildman–Crippen LogP) is 1.78. The molecule has 3 unspecified atom stereocenters. The first-order valence-corrected chi connectivity index (χ1v) is 7.03. The van der Waals surface area contributed by atoms with Crippen LogP contribution in [0.5, 0.6) is 0 Å². The Balaban J connectivity index is 1.39. The molecule has 19 heavy (non-hydrogen) atoms. The Morgan fingerprint density at radius 1 is 1.42 bits per heavy atom. The van der Waals surface area contributed by atoms with Gasteiger partial charge in [0.25, 0.3) is 0 Å². The first kappa shape index (κ1) is 12.6. The summed E-state index contributed by atoms with van der Waals surface area (Å²) in [4.78, 5) is 11.9. The van der Waals surface area contributed by atoms with E-state index in [0.717, 1.165) is 25.7 Å². The van der Waals surface area contributed by atoms with Gasteiger partial charge >= 0.3 is 0 Å². The number of nitrogens with zero attached hydrogens (tertiary/aromatic N) is 2. The fourth-order valence-corrected chi connectivity index (χ4v) is 3.05. The van der Waals surface area contributed by atoms with Crippen molar-refractivity contribution < 1.29 is 9.53 Å². The molecule has 102 valence electrons. The highest BCUT2D eigenvalue weighted by Crippen LogP contribution is 2.38. The van der Waals surface area contributed by atoms with Gasteiger partial charge in [-0.1, -0.05) is 0 Å². The van der Waals surface area contributed by atoms with E-state index in [-0.39, 0.29) is 23.7 Å². The monoisotopic (exact) mass is 261 g/mol. The van der Waals surface area contributed by atoms with Crippen LogP contribution in [0.1, 0.15) is 44.9 Å². The molecule has 1 N–H and O–H groups in total. The van der Waals surface area contributed by atoms with Crippen LogP contribution in [0.2, 0.25) is 0 Å². The first-order valence-electron chi connectivity index (χ1n) is 7.03. The quantitative estimate of drug-likeness (QED) is 0.741. The van der Waals surface area contributed by atoms with E-state index in [1.54, 1.807) is 0 Å². The number of amides is 1. The third kappa shape index (κ3) is 2.79. The van der Waals surface area contributed by atoms with Gasteiger partial charge in [-0.3, -0.25) is 4.79 Å². The minimum atomic E-state index is -0.352. The van der Waals surface area contributed by atoms with E-state index >= 15 is 0 Å². The van der Waals surface area contributed by atoms with Gasteiger partial charge in [-0.05, 0) is 19.3 Å². The number of hydrogen-bond donors (Lipinski definition) is 1. The van der Waals surface area contributed by atoms with E-state index < -0.39 is 0 Å². The molecule has 0 saturated carbocycles. The fourth-order valence-electron chi connectivity index (χ4n) is 3.05. The highest BCUT2D eigenvalue weighted by Gasteiger charge is 2.42. The highest BCUT2D eigenvalue weighted by atomic mass is 16.5. The van der Waals surface area contributed by atoms with Crippen LogP contribution in [-0.2, 0) is 9.53 Å². The molecule has 0 aromatic carbocycles. The van der Waals surface area contributed by atoms with Crippen LogP contribution in [0.15, 0.2) is 10.2 Å². The van der Waals surface area contributed by atoms with Gasteiger partial charge in [0.05, 0.1) is 18.2 Å². The van der Waals surface area contributed by atoms with E-state index in [9.17, 15) is 4.79 Å². The summed E-state index contributed by atoms with van der Waals surface area (Å²) < 4.78 is 5.72. The number of ether oxygens (including phenoxy) is 1. The largest absolute Gasteiger partial charge is 0.373 e. The number of nitrogens with one attached hydrogen (secondary N) is 1. The van der Waals surface area contributed by atoms with Crippen LogP contribution in [0, 0.1) is 12.3 Å². The van der Waals surface area contributed by atoms with Crippen molar-refractivity contribution in [2.24, 2.45) is 10.2 Å². The lowest BCUT2D eigenvalue weighted by atomic mass is 9.95. The number of carbonyl (C=O) groups is 1. The van der Waals surface area contributed by atoms with Crippen molar-refractivity contribution in [2.45, 2.75) is 68.9 Å². The molecule has 0 aromatic rings. The number of rotatable bonds is 6. The molecule has 0 spiro atoms. The lowest BCUT2D eigenvalue weighted by Gasteiger charge is -2.20. The summed E-state index contributed by atoms with van der Waals surface area (Å²) in [6, 6.07) is 0.209. The Morgan fingerprint density at radius 2 is 2.26 bits per heavy atom. The maximum absolute atomic E-state index is 11.9. The van der Waals surface area contributed by atoms with Gasteiger partial charge in [0.2, 0.25) is 5.91 Å². The van der Waals surface area contributed by atoms with Crippen molar-refractivity contribution in [3.05, 3.63) is 0 Å². The van der Waals surface area contributed by atoms with Gasteiger partial charge in [0.1, 0.15) is 0 Å². The molecule has 2 bridgehead atoms. The molecule has 0 aliphatic carbocycles. The lowest BCUT2D eigenvalue weighted by Crippen LogP contribution is -2.41. The molecular weight excluding hydrogens is 242 g/mol. The zero-order valence-electron chi connectivity index (χ0n) is 11.0. The Kier molecular flexibility index (Phi) is 3.28. The summed E-state index contributed by atoms with van der Waals surface area (Å²) in [5.74, 6) is 2.67. The lowest BCUT2D eigenvalue weighted by molar-refractivity contribution is -0.122. The molecule has 1 amide bonds. The van der Waals surface area contributed by atoms with E-state index in [2.05, 4.69) is 21.5 Å². The van der Waals surface area contributed by atoms with E-state index in [1.165, 1.54) is 0 Å². The normalized spacial score (nSPS) is 33.1. The second-order valence-electron chi connectivity index (χ2n) is 5.67. The molecular formula is C14H19N3O2. The average molecular weight is 261 g/mol. The van der Waals surface area contributed by atoms with Gasteiger partial charge in [-0.15, -0.1) is 12.3 Å². The van der Waals surface area contributed by atoms with E-state index in [4.69, 9.17) is 11.2 Å². The van der Waals surface area contributed by atoms with Crippen LogP contribution >= 0.6 is 0 Å². The number of fused-ring (bicyclic) bond motifs is 2. The second kappa shape index (κ2) is 4.93. The molecule has 3 atom stereocenters. The topological polar surface area (TPSA) is 63.0 Å². The molecule has 3 aliphatic heterocycles. The number of terminal acetylenes is 1. The smallest absolute Gasteiger partial charge is 0.220 e. The molecule has 0 aromatic heterocycles. The Bertz CT molecular complexity index is 434. The van der Waals surface area contributed by atoms with E-state index in [1.807, 2.05) is 0 Å². The van der Waals surface area contributed by atoms with E-state index in [0.29, 0.717) is 25.4 Å². The third-order valence-electron chi connectivity index (χ3n) is 4.26. The zero-order chi connectivity index (χ0) is 13.3. The Hall–Kier alpha value is -1.41. The average Bonchev–Trinajstić information content (AvgIpc) is 2.87. The standard InChI is InChI=1S/C14H19N3O2/c1-2-3-7-14(16-17-14)8-6-13(18)15-11-9-10-4-5-12(11)19-10/h1,10-12H,3-9H2,(H,15,18). The minimum Gasteiger partial charge on any atom is -0.373 e. The minimum absolute atomic E-state index is 0.0820. The molecule has 3 heterocycles. The molecule has 2 fully saturated rings. The van der Waals surface area contributed by atoms with Gasteiger partial charge in [-0.2, -0.15) is 10.2 Å². The van der Waals surface area contributed by atoms with Gasteiger partial charge in [0.15, 0.2) is 5.66 Å². The van der Waals surface area contributed by atoms with Crippen molar-refractivity contribution in [3.8, 4) is 12.3 Å². The third-order valence-corrected chi connectivity index (χ3v) is 4.26. The molecule has 3 rings (SSSR count). The SMILES string of the molecule is C#CCCC1(CCC(=O)NC2CC3CCC2O3)N=N1. The molecule has 5 heteroatoms. The van der Waals surface area contributed by atoms with Gasteiger partial charge in [-0.25, -0.2) is 0 Å². The zero-order valence-corrected chi connectivity index (χ0v) is 11.0. The van der Waals surface area contributed by atoms with Crippen LogP contribution < -0.4 is 5.32 Å². The molecule has 3 aliphatic rings. The Morgan fingerprint density at radius 3 is 2.84 bits per heavy atom. The van der Waals surface area contributed by atoms with Gasteiger partial charge < -0.3 is 10.1 Å². The van der Waals surface area contributed by atoms with Crippen molar-refractivity contribution in [1.29, 1.82) is 0 Å². The number of carbonyl (C=O) groups excluding carboxylic acids is 1. The number of hydrogen-bond acceptors (Lipinski definition) is 4. The van der Waals surface area contributed by atoms with Crippen molar-refractivity contribution in [1.82, 2.24) is 5.32 Å². The second-order valence-corrected chi connectivity index (χ2v) is 5.67. The summed E-state index contributed by atoms with van der Waals surface area (Å²) in [5, 5.41) is 11.2. The summed E-state index contributed by atoms with van der Waals surface area (Å²) in [6.45, 7) is 0. The predicted molar refractivity (Wildman–Crippen MR) is 69.3 cm³/mol.